The minimum atomic E-state index is -0.512. The zero-order valence-corrected chi connectivity index (χ0v) is 16.9. The lowest BCUT2D eigenvalue weighted by Crippen LogP contribution is -2.36. The standard InChI is InChI=1S/C17H19F2N3O3.HI/c1-10-14(16(23)24-3)7-13(25-10)9-22-17(20-2)21-8-11-6-12(18)4-5-15(11)19;/h4-7H,8-9H2,1-3H3,(H2,20,21,22);1H. The molecule has 0 unspecified atom stereocenters. The number of carbonyl (C=O) groups is 1. The second-order valence-electron chi connectivity index (χ2n) is 5.19. The second-order valence-corrected chi connectivity index (χ2v) is 5.19. The normalized spacial score (nSPS) is 10.9. The Morgan fingerprint density at radius 1 is 1.23 bits per heavy atom. The monoisotopic (exact) mass is 479 g/mol. The lowest BCUT2D eigenvalue weighted by Gasteiger charge is -2.11. The molecule has 9 heteroatoms. The lowest BCUT2D eigenvalue weighted by molar-refractivity contribution is 0.0599. The molecule has 0 aliphatic heterocycles. The van der Waals surface area contributed by atoms with Crippen LogP contribution in [-0.4, -0.2) is 26.1 Å². The maximum Gasteiger partial charge on any atom is 0.341 e. The molecule has 0 bridgehead atoms. The van der Waals surface area contributed by atoms with Gasteiger partial charge >= 0.3 is 5.97 Å². The number of methoxy groups -OCH3 is 1. The van der Waals surface area contributed by atoms with Crippen molar-refractivity contribution >= 4 is 35.9 Å². The largest absolute Gasteiger partial charge is 0.465 e. The third kappa shape index (κ3) is 5.68. The van der Waals surface area contributed by atoms with Gasteiger partial charge in [0.25, 0.3) is 0 Å². The maximum atomic E-state index is 13.6. The van der Waals surface area contributed by atoms with Crippen LogP contribution in [0.4, 0.5) is 8.78 Å². The SMILES string of the molecule is CN=C(NCc1cc(C(=O)OC)c(C)o1)NCc1cc(F)ccc1F.I. The number of guanidine groups is 1. The summed E-state index contributed by atoms with van der Waals surface area (Å²) in [6, 6.07) is 4.83. The third-order valence-corrected chi connectivity index (χ3v) is 3.48. The number of aliphatic imine (C=N–C) groups is 1. The van der Waals surface area contributed by atoms with E-state index in [1.165, 1.54) is 7.11 Å². The molecule has 0 atom stereocenters. The molecule has 1 aromatic heterocycles. The molecule has 0 fully saturated rings. The molecule has 2 N–H and O–H groups in total. The predicted molar refractivity (Wildman–Crippen MR) is 104 cm³/mol. The molecule has 0 saturated carbocycles. The molecule has 6 nitrogen and oxygen atoms in total. The Balaban J connectivity index is 0.00000338. The summed E-state index contributed by atoms with van der Waals surface area (Å²) in [4.78, 5) is 15.6. The highest BCUT2D eigenvalue weighted by Crippen LogP contribution is 2.15. The first-order valence-corrected chi connectivity index (χ1v) is 7.50. The summed E-state index contributed by atoms with van der Waals surface area (Å²) in [6.07, 6.45) is 0. The van der Waals surface area contributed by atoms with E-state index in [4.69, 9.17) is 4.42 Å². The van der Waals surface area contributed by atoms with Crippen LogP contribution in [0, 0.1) is 18.6 Å². The van der Waals surface area contributed by atoms with Gasteiger partial charge in [-0.3, -0.25) is 4.99 Å². The molecule has 0 radical (unpaired) electrons. The van der Waals surface area contributed by atoms with Gasteiger partial charge in [-0.2, -0.15) is 0 Å². The number of benzene rings is 1. The van der Waals surface area contributed by atoms with Crippen LogP contribution in [-0.2, 0) is 17.8 Å². The Labute approximate surface area is 167 Å². The van der Waals surface area contributed by atoms with Crippen LogP contribution in [0.25, 0.3) is 0 Å². The average Bonchev–Trinajstić information content (AvgIpc) is 2.98. The van der Waals surface area contributed by atoms with Gasteiger partial charge < -0.3 is 19.8 Å². The van der Waals surface area contributed by atoms with Gasteiger partial charge in [-0.05, 0) is 31.2 Å². The molecule has 2 aromatic rings. The van der Waals surface area contributed by atoms with E-state index in [1.807, 2.05) is 0 Å². The number of ether oxygens (including phenoxy) is 1. The van der Waals surface area contributed by atoms with Crippen molar-refractivity contribution in [3.8, 4) is 0 Å². The van der Waals surface area contributed by atoms with Crippen molar-refractivity contribution in [2.75, 3.05) is 14.2 Å². The fourth-order valence-corrected chi connectivity index (χ4v) is 2.19. The molecule has 0 aliphatic carbocycles. The Hall–Kier alpha value is -2.17. The number of esters is 1. The van der Waals surface area contributed by atoms with Gasteiger partial charge in [-0.25, -0.2) is 13.6 Å². The molecular formula is C17H20F2IN3O3. The predicted octanol–water partition coefficient (Wildman–Crippen LogP) is 3.14. The summed E-state index contributed by atoms with van der Waals surface area (Å²) in [5.74, 6) is -0.156. The molecule has 26 heavy (non-hydrogen) atoms. The van der Waals surface area contributed by atoms with E-state index in [0.29, 0.717) is 23.0 Å². The molecule has 0 spiro atoms. The molecule has 1 aromatic carbocycles. The van der Waals surface area contributed by atoms with E-state index in [0.717, 1.165) is 18.2 Å². The van der Waals surface area contributed by atoms with Crippen LogP contribution in [0.1, 0.15) is 27.4 Å². The van der Waals surface area contributed by atoms with Crippen molar-refractivity contribution in [3.05, 3.63) is 58.5 Å². The average molecular weight is 479 g/mol. The van der Waals surface area contributed by atoms with Crippen LogP contribution in [0.2, 0.25) is 0 Å². The van der Waals surface area contributed by atoms with Crippen LogP contribution in [0.3, 0.4) is 0 Å². The highest BCUT2D eigenvalue weighted by atomic mass is 127. The highest BCUT2D eigenvalue weighted by Gasteiger charge is 2.15. The fourth-order valence-electron chi connectivity index (χ4n) is 2.19. The number of carbonyl (C=O) groups excluding carboxylic acids is 1. The molecular weight excluding hydrogens is 459 g/mol. The van der Waals surface area contributed by atoms with Crippen molar-refractivity contribution in [3.63, 3.8) is 0 Å². The quantitative estimate of drug-likeness (QED) is 0.299. The van der Waals surface area contributed by atoms with Crippen molar-refractivity contribution in [2.45, 2.75) is 20.0 Å². The molecule has 142 valence electrons. The van der Waals surface area contributed by atoms with E-state index in [9.17, 15) is 13.6 Å². The summed E-state index contributed by atoms with van der Waals surface area (Å²) in [7, 11) is 2.84. The van der Waals surface area contributed by atoms with Gasteiger partial charge in [-0.15, -0.1) is 24.0 Å². The van der Waals surface area contributed by atoms with Crippen molar-refractivity contribution in [2.24, 2.45) is 4.99 Å². The van der Waals surface area contributed by atoms with E-state index in [-0.39, 0.29) is 42.6 Å². The first-order valence-electron chi connectivity index (χ1n) is 7.50. The topological polar surface area (TPSA) is 75.9 Å². The maximum absolute atomic E-state index is 13.6. The first-order chi connectivity index (χ1) is 11.9. The van der Waals surface area contributed by atoms with Gasteiger partial charge in [0.15, 0.2) is 5.96 Å². The third-order valence-electron chi connectivity index (χ3n) is 3.48. The fraction of sp³-hybridized carbons (Fsp3) is 0.294. The lowest BCUT2D eigenvalue weighted by atomic mass is 10.2. The van der Waals surface area contributed by atoms with Crippen LogP contribution >= 0.6 is 24.0 Å². The minimum absolute atomic E-state index is 0. The van der Waals surface area contributed by atoms with Gasteiger partial charge in [0.05, 0.1) is 13.7 Å². The van der Waals surface area contributed by atoms with Gasteiger partial charge in [-0.1, -0.05) is 0 Å². The molecule has 1 heterocycles. The number of furan rings is 1. The summed E-state index contributed by atoms with van der Waals surface area (Å²) >= 11 is 0. The molecule has 0 amide bonds. The van der Waals surface area contributed by atoms with Crippen LogP contribution < -0.4 is 10.6 Å². The highest BCUT2D eigenvalue weighted by molar-refractivity contribution is 14.0. The smallest absolute Gasteiger partial charge is 0.341 e. The summed E-state index contributed by atoms with van der Waals surface area (Å²) in [5, 5.41) is 5.84. The van der Waals surface area contributed by atoms with Crippen molar-refractivity contribution in [1.29, 1.82) is 0 Å². The molecule has 2 rings (SSSR count). The Morgan fingerprint density at radius 3 is 2.58 bits per heavy atom. The van der Waals surface area contributed by atoms with E-state index >= 15 is 0 Å². The Kier molecular flexibility index (Phi) is 8.49. The first kappa shape index (κ1) is 21.9. The number of halogens is 3. The van der Waals surface area contributed by atoms with E-state index in [2.05, 4.69) is 20.4 Å². The molecule has 0 aliphatic rings. The second kappa shape index (κ2) is 10.1. The summed E-state index contributed by atoms with van der Waals surface area (Å²) in [5.41, 5.74) is 0.536. The number of hydrogen-bond donors (Lipinski definition) is 2. The van der Waals surface area contributed by atoms with Gasteiger partial charge in [0, 0.05) is 19.2 Å². The van der Waals surface area contributed by atoms with Crippen molar-refractivity contribution in [1.82, 2.24) is 10.6 Å². The summed E-state index contributed by atoms with van der Waals surface area (Å²) in [6.45, 7) is 1.98. The minimum Gasteiger partial charge on any atom is -0.465 e. The zero-order valence-electron chi connectivity index (χ0n) is 14.6. The number of nitrogens with zero attached hydrogens (tertiary/aromatic N) is 1. The number of rotatable bonds is 5. The Bertz CT molecular complexity index is 794. The van der Waals surface area contributed by atoms with E-state index in [1.54, 1.807) is 20.0 Å². The number of hydrogen-bond acceptors (Lipinski definition) is 4. The Morgan fingerprint density at radius 2 is 1.92 bits per heavy atom. The van der Waals surface area contributed by atoms with Gasteiger partial charge in [0.1, 0.15) is 28.7 Å². The number of nitrogens with one attached hydrogen (secondary N) is 2. The van der Waals surface area contributed by atoms with Crippen LogP contribution in [0.5, 0.6) is 0 Å². The number of aryl methyl sites for hydroxylation is 1. The van der Waals surface area contributed by atoms with E-state index < -0.39 is 17.6 Å². The van der Waals surface area contributed by atoms with Gasteiger partial charge in [0.2, 0.25) is 0 Å². The molecule has 0 saturated heterocycles. The van der Waals surface area contributed by atoms with Crippen LogP contribution in [0.15, 0.2) is 33.7 Å². The van der Waals surface area contributed by atoms with Crippen molar-refractivity contribution < 1.29 is 22.7 Å². The summed E-state index contributed by atoms with van der Waals surface area (Å²) < 4.78 is 36.9. The zero-order chi connectivity index (χ0) is 18.4.